The van der Waals surface area contributed by atoms with E-state index in [1.165, 1.54) is 7.11 Å². The second-order valence-corrected chi connectivity index (χ2v) is 7.59. The Balaban J connectivity index is 2.03. The second-order valence-electron chi connectivity index (χ2n) is 5.49. The normalized spacial score (nSPS) is 24.0. The summed E-state index contributed by atoms with van der Waals surface area (Å²) in [7, 11) is -1.77. The Kier molecular flexibility index (Phi) is 5.24. The first-order valence-corrected chi connectivity index (χ1v) is 8.80. The number of ether oxygens (including phenoxy) is 2. The Hall–Kier alpha value is -1.11. The van der Waals surface area contributed by atoms with E-state index in [0.717, 1.165) is 6.54 Å². The highest BCUT2D eigenvalue weighted by molar-refractivity contribution is 7.91. The highest BCUT2D eigenvalue weighted by Crippen LogP contribution is 2.19. The van der Waals surface area contributed by atoms with Gasteiger partial charge in [0.1, 0.15) is 5.75 Å². The summed E-state index contributed by atoms with van der Waals surface area (Å²) in [4.78, 5) is 2.49. The van der Waals surface area contributed by atoms with Crippen molar-refractivity contribution in [1.29, 1.82) is 0 Å². The summed E-state index contributed by atoms with van der Waals surface area (Å²) in [6.45, 7) is 6.02. The number of benzene rings is 1. The zero-order chi connectivity index (χ0) is 15.5. The molecule has 0 N–H and O–H groups in total. The number of morpholine rings is 1. The molecule has 1 aliphatic heterocycles. The fraction of sp³-hybridized carbons (Fsp3) is 0.600. The Morgan fingerprint density at radius 3 is 2.86 bits per heavy atom. The van der Waals surface area contributed by atoms with Gasteiger partial charge in [0.25, 0.3) is 0 Å². The summed E-state index contributed by atoms with van der Waals surface area (Å²) in [5, 5.41) is 0. The molecule has 0 aliphatic carbocycles. The predicted octanol–water partition coefficient (Wildman–Crippen LogP) is 1.58. The molecule has 0 amide bonds. The van der Waals surface area contributed by atoms with E-state index in [-0.39, 0.29) is 17.9 Å². The van der Waals surface area contributed by atoms with Gasteiger partial charge in [-0.1, -0.05) is 6.07 Å². The maximum atomic E-state index is 12.4. The van der Waals surface area contributed by atoms with E-state index in [4.69, 9.17) is 9.47 Å². The fourth-order valence-corrected chi connectivity index (χ4v) is 3.73. The van der Waals surface area contributed by atoms with Gasteiger partial charge in [-0.3, -0.25) is 4.90 Å². The lowest BCUT2D eigenvalue weighted by molar-refractivity contribution is -0.0469. The molecule has 0 unspecified atom stereocenters. The predicted molar refractivity (Wildman–Crippen MR) is 81.5 cm³/mol. The van der Waals surface area contributed by atoms with Crippen molar-refractivity contribution in [3.05, 3.63) is 24.3 Å². The van der Waals surface area contributed by atoms with E-state index >= 15 is 0 Å². The molecule has 1 aromatic carbocycles. The summed E-state index contributed by atoms with van der Waals surface area (Å²) in [6, 6.07) is 6.88. The van der Waals surface area contributed by atoms with E-state index in [2.05, 4.69) is 11.8 Å². The van der Waals surface area contributed by atoms with Gasteiger partial charge in [-0.05, 0) is 32.0 Å². The van der Waals surface area contributed by atoms with Gasteiger partial charge in [-0.2, -0.15) is 0 Å². The standard InChI is InChI=1S/C15H23NO4S/c1-12-11-20-13(2)10-16(12)7-8-21(17,18)15-6-4-5-14(9-15)19-3/h4-6,9,12-13H,7-8,10-11H2,1-3H3/t12-,13-/m0/s1. The third kappa shape index (κ3) is 4.18. The van der Waals surface area contributed by atoms with Crippen LogP contribution in [0.25, 0.3) is 0 Å². The molecule has 2 atom stereocenters. The molecule has 0 bridgehead atoms. The molecule has 118 valence electrons. The van der Waals surface area contributed by atoms with Gasteiger partial charge < -0.3 is 9.47 Å². The monoisotopic (exact) mass is 313 g/mol. The minimum Gasteiger partial charge on any atom is -0.497 e. The Labute approximate surface area is 126 Å². The molecule has 6 heteroatoms. The van der Waals surface area contributed by atoms with Crippen LogP contribution in [0.3, 0.4) is 0 Å². The molecule has 1 fully saturated rings. The van der Waals surface area contributed by atoms with Crippen LogP contribution >= 0.6 is 0 Å². The van der Waals surface area contributed by atoms with E-state index in [0.29, 0.717) is 23.8 Å². The number of methoxy groups -OCH3 is 1. The molecular weight excluding hydrogens is 290 g/mol. The van der Waals surface area contributed by atoms with E-state index < -0.39 is 9.84 Å². The molecule has 1 aromatic rings. The lowest BCUT2D eigenvalue weighted by atomic mass is 10.2. The van der Waals surface area contributed by atoms with E-state index in [9.17, 15) is 8.42 Å². The zero-order valence-electron chi connectivity index (χ0n) is 12.8. The SMILES string of the molecule is COc1cccc(S(=O)(=O)CCN2C[C@H](C)OC[C@@H]2C)c1. The van der Waals surface area contributed by atoms with Crippen LogP contribution in [-0.4, -0.2) is 58.0 Å². The quantitative estimate of drug-likeness (QED) is 0.826. The number of hydrogen-bond donors (Lipinski definition) is 0. The van der Waals surface area contributed by atoms with Crippen molar-refractivity contribution in [2.24, 2.45) is 0 Å². The Bertz CT molecular complexity index is 573. The summed E-state index contributed by atoms with van der Waals surface area (Å²) < 4.78 is 35.5. The van der Waals surface area contributed by atoms with Crippen molar-refractivity contribution in [2.45, 2.75) is 30.9 Å². The fourth-order valence-electron chi connectivity index (χ4n) is 2.43. The topological polar surface area (TPSA) is 55.8 Å². The first-order valence-electron chi connectivity index (χ1n) is 7.15. The van der Waals surface area contributed by atoms with Gasteiger partial charge in [0.15, 0.2) is 9.84 Å². The largest absolute Gasteiger partial charge is 0.497 e. The summed E-state index contributed by atoms with van der Waals surface area (Å²) in [6.07, 6.45) is 0.153. The average Bonchev–Trinajstić information content (AvgIpc) is 2.48. The Morgan fingerprint density at radius 1 is 1.38 bits per heavy atom. The molecule has 0 spiro atoms. The lowest BCUT2D eigenvalue weighted by Crippen LogP contribution is -2.48. The molecular formula is C15H23NO4S. The molecule has 5 nitrogen and oxygen atoms in total. The van der Waals surface area contributed by atoms with Crippen molar-refractivity contribution in [3.63, 3.8) is 0 Å². The number of hydrogen-bond acceptors (Lipinski definition) is 5. The maximum Gasteiger partial charge on any atom is 0.179 e. The number of nitrogens with zero attached hydrogens (tertiary/aromatic N) is 1. The molecule has 2 rings (SSSR count). The maximum absolute atomic E-state index is 12.4. The average molecular weight is 313 g/mol. The third-order valence-corrected chi connectivity index (χ3v) is 5.48. The van der Waals surface area contributed by atoms with Crippen LogP contribution in [0.4, 0.5) is 0 Å². The van der Waals surface area contributed by atoms with Crippen LogP contribution in [0, 0.1) is 0 Å². The molecule has 0 radical (unpaired) electrons. The summed E-state index contributed by atoms with van der Waals surface area (Å²) in [5.41, 5.74) is 0. The van der Waals surface area contributed by atoms with Gasteiger partial charge in [-0.15, -0.1) is 0 Å². The van der Waals surface area contributed by atoms with Crippen LogP contribution in [0.1, 0.15) is 13.8 Å². The summed E-state index contributed by atoms with van der Waals surface area (Å²) in [5.74, 6) is 0.668. The third-order valence-electron chi connectivity index (χ3n) is 3.78. The molecule has 21 heavy (non-hydrogen) atoms. The van der Waals surface area contributed by atoms with Crippen LogP contribution in [0.2, 0.25) is 0 Å². The molecule has 1 saturated heterocycles. The van der Waals surface area contributed by atoms with Gasteiger partial charge in [0.05, 0.1) is 30.5 Å². The molecule has 1 heterocycles. The van der Waals surface area contributed by atoms with Crippen LogP contribution in [0.5, 0.6) is 5.75 Å². The van der Waals surface area contributed by atoms with Gasteiger partial charge in [0.2, 0.25) is 0 Å². The highest BCUT2D eigenvalue weighted by Gasteiger charge is 2.25. The highest BCUT2D eigenvalue weighted by atomic mass is 32.2. The van der Waals surface area contributed by atoms with Gasteiger partial charge in [0, 0.05) is 19.1 Å². The zero-order valence-corrected chi connectivity index (χ0v) is 13.6. The van der Waals surface area contributed by atoms with Gasteiger partial charge >= 0.3 is 0 Å². The van der Waals surface area contributed by atoms with Crippen molar-refractivity contribution in [1.82, 2.24) is 4.90 Å². The Morgan fingerprint density at radius 2 is 2.14 bits per heavy atom. The van der Waals surface area contributed by atoms with Crippen molar-refractivity contribution in [2.75, 3.05) is 32.6 Å². The van der Waals surface area contributed by atoms with Crippen molar-refractivity contribution < 1.29 is 17.9 Å². The molecule has 1 aliphatic rings. The van der Waals surface area contributed by atoms with Crippen LogP contribution in [0.15, 0.2) is 29.2 Å². The summed E-state index contributed by atoms with van der Waals surface area (Å²) >= 11 is 0. The number of sulfone groups is 1. The number of rotatable bonds is 5. The van der Waals surface area contributed by atoms with Crippen LogP contribution in [-0.2, 0) is 14.6 Å². The second kappa shape index (κ2) is 6.77. The van der Waals surface area contributed by atoms with E-state index in [1.54, 1.807) is 24.3 Å². The molecule has 0 saturated carbocycles. The minimum atomic E-state index is -3.30. The smallest absolute Gasteiger partial charge is 0.179 e. The van der Waals surface area contributed by atoms with E-state index in [1.807, 2.05) is 6.92 Å². The molecule has 0 aromatic heterocycles. The van der Waals surface area contributed by atoms with Crippen molar-refractivity contribution >= 4 is 9.84 Å². The van der Waals surface area contributed by atoms with Crippen LogP contribution < -0.4 is 4.74 Å². The lowest BCUT2D eigenvalue weighted by Gasteiger charge is -2.36. The first-order chi connectivity index (χ1) is 9.92. The van der Waals surface area contributed by atoms with Crippen molar-refractivity contribution in [3.8, 4) is 5.75 Å². The van der Waals surface area contributed by atoms with Gasteiger partial charge in [-0.25, -0.2) is 8.42 Å². The minimum absolute atomic E-state index is 0.108. The first kappa shape index (κ1) is 16.3.